The fourth-order valence-corrected chi connectivity index (χ4v) is 6.35. The second kappa shape index (κ2) is 8.44. The lowest BCUT2D eigenvalue weighted by atomic mass is 10.0. The number of aliphatic hydroxyl groups excluding tert-OH is 1. The highest BCUT2D eigenvalue weighted by Crippen LogP contribution is 2.56. The molecule has 0 radical (unpaired) electrons. The van der Waals surface area contributed by atoms with Crippen molar-refractivity contribution >= 4 is 29.5 Å². The van der Waals surface area contributed by atoms with Crippen LogP contribution in [0.5, 0.6) is 0 Å². The summed E-state index contributed by atoms with van der Waals surface area (Å²) >= 11 is 1.61. The molecule has 2 fully saturated rings. The Morgan fingerprint density at radius 1 is 1.23 bits per heavy atom. The SMILES string of the molecule is CC(NC(=O)C1N2C(=O)c3ccccc3C2SC1(C)C)C(=O)N1CCN(CCO)CC1. The van der Waals surface area contributed by atoms with Gasteiger partial charge in [-0.05, 0) is 32.4 Å². The van der Waals surface area contributed by atoms with Gasteiger partial charge in [0.15, 0.2) is 0 Å². The topological polar surface area (TPSA) is 93.2 Å². The standard InChI is InChI=1S/C22H30N4O4S/c1-14(19(29)25-10-8-24(9-11-25)12-13-27)23-18(28)17-22(2,3)31-21-16-7-5-4-6-15(16)20(30)26(17)21/h4-7,14,17,21,27H,8-13H2,1-3H3,(H,23,28). The van der Waals surface area contributed by atoms with Crippen LogP contribution in [0, 0.1) is 0 Å². The summed E-state index contributed by atoms with van der Waals surface area (Å²) in [4.78, 5) is 44.8. The normalized spacial score (nSPS) is 25.9. The van der Waals surface area contributed by atoms with E-state index < -0.39 is 16.8 Å². The van der Waals surface area contributed by atoms with Gasteiger partial charge in [-0.25, -0.2) is 0 Å². The number of aliphatic hydroxyl groups is 1. The first-order valence-electron chi connectivity index (χ1n) is 10.8. The van der Waals surface area contributed by atoms with E-state index in [9.17, 15) is 14.4 Å². The lowest BCUT2D eigenvalue weighted by molar-refractivity contribution is -0.138. The molecule has 0 aliphatic carbocycles. The Labute approximate surface area is 186 Å². The number of hydrogen-bond acceptors (Lipinski definition) is 6. The van der Waals surface area contributed by atoms with Gasteiger partial charge in [0.25, 0.3) is 5.91 Å². The van der Waals surface area contributed by atoms with E-state index in [0.717, 1.165) is 5.56 Å². The molecule has 168 valence electrons. The quantitative estimate of drug-likeness (QED) is 0.691. The fraction of sp³-hybridized carbons (Fsp3) is 0.591. The molecule has 2 N–H and O–H groups in total. The Hall–Kier alpha value is -2.10. The zero-order chi connectivity index (χ0) is 22.3. The Bertz CT molecular complexity index is 884. The van der Waals surface area contributed by atoms with Gasteiger partial charge in [0.05, 0.1) is 6.61 Å². The van der Waals surface area contributed by atoms with Crippen molar-refractivity contribution in [1.82, 2.24) is 20.0 Å². The highest BCUT2D eigenvalue weighted by Gasteiger charge is 2.57. The van der Waals surface area contributed by atoms with E-state index in [1.807, 2.05) is 32.0 Å². The van der Waals surface area contributed by atoms with Crippen LogP contribution in [0.1, 0.15) is 42.1 Å². The van der Waals surface area contributed by atoms with Crippen LogP contribution >= 0.6 is 11.8 Å². The van der Waals surface area contributed by atoms with Gasteiger partial charge in [-0.1, -0.05) is 18.2 Å². The number of carbonyl (C=O) groups excluding carboxylic acids is 3. The first-order chi connectivity index (χ1) is 14.7. The van der Waals surface area contributed by atoms with E-state index in [1.165, 1.54) is 0 Å². The van der Waals surface area contributed by atoms with Crippen molar-refractivity contribution in [3.63, 3.8) is 0 Å². The third kappa shape index (κ3) is 3.94. The van der Waals surface area contributed by atoms with Crippen LogP contribution in [-0.4, -0.2) is 93.7 Å². The minimum absolute atomic E-state index is 0.107. The van der Waals surface area contributed by atoms with Gasteiger partial charge in [-0.15, -0.1) is 11.8 Å². The summed E-state index contributed by atoms with van der Waals surface area (Å²) in [7, 11) is 0. The third-order valence-electron chi connectivity index (χ3n) is 6.37. The maximum absolute atomic E-state index is 13.3. The van der Waals surface area contributed by atoms with Gasteiger partial charge in [0, 0.05) is 43.0 Å². The first-order valence-corrected chi connectivity index (χ1v) is 11.6. The molecule has 1 aromatic rings. The molecule has 3 amide bonds. The second-order valence-electron chi connectivity index (χ2n) is 8.90. The summed E-state index contributed by atoms with van der Waals surface area (Å²) in [5, 5.41) is 11.8. The number of fused-ring (bicyclic) bond motifs is 3. The maximum Gasteiger partial charge on any atom is 0.256 e. The predicted molar refractivity (Wildman–Crippen MR) is 119 cm³/mol. The molecule has 4 rings (SSSR count). The van der Waals surface area contributed by atoms with Crippen molar-refractivity contribution in [3.8, 4) is 0 Å². The van der Waals surface area contributed by atoms with Crippen LogP contribution in [0.25, 0.3) is 0 Å². The minimum Gasteiger partial charge on any atom is -0.395 e. The number of rotatable bonds is 5. The highest BCUT2D eigenvalue weighted by molar-refractivity contribution is 8.01. The van der Waals surface area contributed by atoms with Crippen LogP contribution < -0.4 is 5.32 Å². The molecule has 3 atom stereocenters. The molecule has 31 heavy (non-hydrogen) atoms. The Kier molecular flexibility index (Phi) is 6.02. The smallest absolute Gasteiger partial charge is 0.256 e. The summed E-state index contributed by atoms with van der Waals surface area (Å²) in [6.07, 6.45) is 0. The number of hydrogen-bond donors (Lipinski definition) is 2. The van der Waals surface area contributed by atoms with Crippen LogP contribution in [-0.2, 0) is 9.59 Å². The summed E-state index contributed by atoms with van der Waals surface area (Å²) < 4.78 is -0.476. The average molecular weight is 447 g/mol. The molecule has 3 unspecified atom stereocenters. The van der Waals surface area contributed by atoms with Gasteiger partial charge in [-0.2, -0.15) is 0 Å². The van der Waals surface area contributed by atoms with Crippen molar-refractivity contribution in [2.75, 3.05) is 39.3 Å². The molecule has 2 saturated heterocycles. The van der Waals surface area contributed by atoms with Crippen LogP contribution in [0.15, 0.2) is 24.3 Å². The van der Waals surface area contributed by atoms with Gasteiger partial charge in [-0.3, -0.25) is 19.3 Å². The van der Waals surface area contributed by atoms with Crippen LogP contribution in [0.3, 0.4) is 0 Å². The first kappa shape index (κ1) is 22.1. The number of piperazine rings is 1. The molecule has 3 aliphatic rings. The Balaban J connectivity index is 1.43. The predicted octanol–water partition coefficient (Wildman–Crippen LogP) is 0.676. The van der Waals surface area contributed by atoms with Crippen molar-refractivity contribution in [2.24, 2.45) is 0 Å². The molecule has 0 aromatic heterocycles. The monoisotopic (exact) mass is 446 g/mol. The highest BCUT2D eigenvalue weighted by atomic mass is 32.2. The number of nitrogens with zero attached hydrogens (tertiary/aromatic N) is 3. The van der Waals surface area contributed by atoms with E-state index in [0.29, 0.717) is 38.3 Å². The van der Waals surface area contributed by atoms with E-state index in [1.54, 1.807) is 34.6 Å². The largest absolute Gasteiger partial charge is 0.395 e. The molecule has 1 aromatic carbocycles. The Morgan fingerprint density at radius 2 is 1.90 bits per heavy atom. The molecule has 9 heteroatoms. The number of benzene rings is 1. The van der Waals surface area contributed by atoms with E-state index in [2.05, 4.69) is 10.2 Å². The molecular weight excluding hydrogens is 416 g/mol. The molecule has 3 aliphatic heterocycles. The zero-order valence-corrected chi connectivity index (χ0v) is 19.0. The Morgan fingerprint density at radius 3 is 2.58 bits per heavy atom. The lowest BCUT2D eigenvalue weighted by Crippen LogP contribution is -2.58. The zero-order valence-electron chi connectivity index (χ0n) is 18.2. The molecule has 0 bridgehead atoms. The van der Waals surface area contributed by atoms with Crippen molar-refractivity contribution in [3.05, 3.63) is 35.4 Å². The maximum atomic E-state index is 13.3. The number of amides is 3. The molecule has 8 nitrogen and oxygen atoms in total. The van der Waals surface area contributed by atoms with E-state index in [4.69, 9.17) is 5.11 Å². The third-order valence-corrected chi connectivity index (χ3v) is 7.91. The summed E-state index contributed by atoms with van der Waals surface area (Å²) in [6.45, 7) is 8.94. The fourth-order valence-electron chi connectivity index (χ4n) is 4.77. The number of β-amino-alcohol motifs (C(OH)–C–C–N with tert-alkyl or cyclic N) is 1. The summed E-state index contributed by atoms with van der Waals surface area (Å²) in [5.74, 6) is -0.535. The number of nitrogens with one attached hydrogen (secondary N) is 1. The summed E-state index contributed by atoms with van der Waals surface area (Å²) in [6, 6.07) is 6.18. The number of carbonyl (C=O) groups is 3. The summed E-state index contributed by atoms with van der Waals surface area (Å²) in [5.41, 5.74) is 1.60. The minimum atomic E-state index is -0.670. The molecular formula is C22H30N4O4S. The van der Waals surface area contributed by atoms with Crippen molar-refractivity contribution in [2.45, 2.75) is 43.0 Å². The van der Waals surface area contributed by atoms with Gasteiger partial charge in [0.1, 0.15) is 17.5 Å². The number of thioether (sulfide) groups is 1. The van der Waals surface area contributed by atoms with Crippen molar-refractivity contribution < 1.29 is 19.5 Å². The van der Waals surface area contributed by atoms with E-state index >= 15 is 0 Å². The lowest BCUT2D eigenvalue weighted by Gasteiger charge is -2.36. The molecule has 0 saturated carbocycles. The van der Waals surface area contributed by atoms with Gasteiger partial charge >= 0.3 is 0 Å². The van der Waals surface area contributed by atoms with Gasteiger partial charge in [0.2, 0.25) is 11.8 Å². The van der Waals surface area contributed by atoms with Crippen LogP contribution in [0.2, 0.25) is 0 Å². The molecule has 3 heterocycles. The van der Waals surface area contributed by atoms with Gasteiger partial charge < -0.3 is 20.2 Å². The second-order valence-corrected chi connectivity index (χ2v) is 10.6. The van der Waals surface area contributed by atoms with Crippen LogP contribution in [0.4, 0.5) is 0 Å². The van der Waals surface area contributed by atoms with Crippen molar-refractivity contribution in [1.29, 1.82) is 0 Å². The molecule has 0 spiro atoms. The average Bonchev–Trinajstić information content (AvgIpc) is 3.17. The van der Waals surface area contributed by atoms with E-state index in [-0.39, 0.29) is 29.7 Å².